The van der Waals surface area contributed by atoms with E-state index in [1.807, 2.05) is 0 Å². The molecule has 46 heavy (non-hydrogen) atoms. The minimum atomic E-state index is 1.14. The molecule has 3 aromatic heterocycles. The van der Waals surface area contributed by atoms with Crippen LogP contribution >= 0.6 is 0 Å². The standard InChI is InChI=1S/C43H31N3/c1-30-15-5-2-6-16-31-27-37-35-21-11-14-24-40(35)46(43(37)29-42(31)44(30)32-17-7-3-8-18-32)34-25-26-41-38(28-34)36-22-12-13-23-39(36)45(41)33-19-9-4-10-20-33/h2-29H,1H3. The van der Waals surface area contributed by atoms with E-state index in [0.717, 1.165) is 22.6 Å². The smallest absolute Gasteiger partial charge is 0.0562 e. The molecular weight excluding hydrogens is 558 g/mol. The lowest BCUT2D eigenvalue weighted by Gasteiger charge is -2.14. The molecule has 0 saturated heterocycles. The first-order valence-electron chi connectivity index (χ1n) is 15.8. The van der Waals surface area contributed by atoms with E-state index in [0.29, 0.717) is 0 Å². The van der Waals surface area contributed by atoms with Gasteiger partial charge in [-0.1, -0.05) is 97.1 Å². The van der Waals surface area contributed by atoms with Crippen molar-refractivity contribution in [2.24, 2.45) is 0 Å². The molecule has 0 bridgehead atoms. The van der Waals surface area contributed by atoms with Gasteiger partial charge in [0.25, 0.3) is 0 Å². The summed E-state index contributed by atoms with van der Waals surface area (Å²) in [5, 5.41) is 6.15. The third-order valence-corrected chi connectivity index (χ3v) is 9.19. The average Bonchev–Trinajstić information content (AvgIpc) is 3.63. The molecule has 0 aliphatic rings. The van der Waals surface area contributed by atoms with Gasteiger partial charge in [0.15, 0.2) is 0 Å². The third kappa shape index (κ3) is 4.06. The van der Waals surface area contributed by atoms with Crippen molar-refractivity contribution in [1.29, 1.82) is 0 Å². The van der Waals surface area contributed by atoms with Gasteiger partial charge in [-0.2, -0.15) is 0 Å². The van der Waals surface area contributed by atoms with E-state index in [4.69, 9.17) is 0 Å². The SMILES string of the molecule is Cc1cccccc2cc3c4ccccc4n(-c4ccc5c(c4)c4ccccc4n5-c4ccccc4)c3cc2n1-c1ccccc1. The Bertz CT molecular complexity index is 2640. The van der Waals surface area contributed by atoms with Crippen LogP contribution in [0, 0.1) is 6.92 Å². The number of nitrogens with zero attached hydrogens (tertiary/aromatic N) is 3. The quantitative estimate of drug-likeness (QED) is 0.195. The molecule has 0 amide bonds. The van der Waals surface area contributed by atoms with Crippen molar-refractivity contribution < 1.29 is 0 Å². The summed E-state index contributed by atoms with van der Waals surface area (Å²) in [6.07, 6.45) is 0. The fourth-order valence-corrected chi connectivity index (χ4v) is 7.18. The van der Waals surface area contributed by atoms with Crippen LogP contribution in [0.25, 0.3) is 71.6 Å². The van der Waals surface area contributed by atoms with Gasteiger partial charge in [0.2, 0.25) is 0 Å². The van der Waals surface area contributed by atoms with Gasteiger partial charge in [0.1, 0.15) is 0 Å². The van der Waals surface area contributed by atoms with E-state index >= 15 is 0 Å². The number of fused-ring (bicyclic) bond motifs is 7. The minimum Gasteiger partial charge on any atom is -0.314 e. The van der Waals surface area contributed by atoms with Gasteiger partial charge >= 0.3 is 0 Å². The van der Waals surface area contributed by atoms with Crippen molar-refractivity contribution in [2.45, 2.75) is 6.92 Å². The molecule has 0 spiro atoms. The van der Waals surface area contributed by atoms with Crippen LogP contribution in [0.15, 0.2) is 170 Å². The number of aryl methyl sites for hydroxylation is 1. The van der Waals surface area contributed by atoms with Gasteiger partial charge in [-0.3, -0.25) is 0 Å². The van der Waals surface area contributed by atoms with Gasteiger partial charge in [-0.25, -0.2) is 0 Å². The van der Waals surface area contributed by atoms with Crippen molar-refractivity contribution in [3.05, 3.63) is 176 Å². The molecule has 218 valence electrons. The number of hydrogen-bond acceptors (Lipinski definition) is 0. The minimum absolute atomic E-state index is 1.14. The number of rotatable bonds is 3. The Kier molecular flexibility index (Phi) is 6.04. The highest BCUT2D eigenvalue weighted by Crippen LogP contribution is 2.38. The van der Waals surface area contributed by atoms with Crippen molar-refractivity contribution in [3.63, 3.8) is 0 Å². The van der Waals surface area contributed by atoms with Crippen LogP contribution in [0.2, 0.25) is 0 Å². The highest BCUT2D eigenvalue weighted by Gasteiger charge is 2.17. The Labute approximate surface area is 267 Å². The summed E-state index contributed by atoms with van der Waals surface area (Å²) >= 11 is 0. The van der Waals surface area contributed by atoms with Crippen LogP contribution < -0.4 is 0 Å². The van der Waals surface area contributed by atoms with Crippen LogP contribution in [0.3, 0.4) is 0 Å². The summed E-state index contributed by atoms with van der Waals surface area (Å²) < 4.78 is 7.18. The molecule has 3 heterocycles. The Balaban J connectivity index is 1.40. The Morgan fingerprint density at radius 3 is 1.48 bits per heavy atom. The highest BCUT2D eigenvalue weighted by atomic mass is 15.0. The summed E-state index contributed by atoms with van der Waals surface area (Å²) in [4.78, 5) is 0. The summed E-state index contributed by atoms with van der Waals surface area (Å²) in [5.41, 5.74) is 10.5. The fourth-order valence-electron chi connectivity index (χ4n) is 7.18. The first-order chi connectivity index (χ1) is 22.8. The topological polar surface area (TPSA) is 14.8 Å². The van der Waals surface area contributed by atoms with Gasteiger partial charge in [0, 0.05) is 44.3 Å². The fraction of sp³-hybridized carbons (Fsp3) is 0.0233. The van der Waals surface area contributed by atoms with Gasteiger partial charge in [-0.05, 0) is 85.1 Å². The van der Waals surface area contributed by atoms with E-state index in [9.17, 15) is 0 Å². The average molecular weight is 590 g/mol. The van der Waals surface area contributed by atoms with E-state index < -0.39 is 0 Å². The Morgan fingerprint density at radius 1 is 0.304 bits per heavy atom. The number of hydrogen-bond donors (Lipinski definition) is 0. The second-order valence-corrected chi connectivity index (χ2v) is 11.9. The summed E-state index contributed by atoms with van der Waals surface area (Å²) in [6, 6.07) is 61.3. The summed E-state index contributed by atoms with van der Waals surface area (Å²) in [7, 11) is 0. The lowest BCUT2D eigenvalue weighted by Crippen LogP contribution is -2.00. The zero-order valence-corrected chi connectivity index (χ0v) is 25.5. The molecule has 0 N–H and O–H groups in total. The van der Waals surface area contributed by atoms with Crippen LogP contribution in [-0.2, 0) is 0 Å². The molecule has 0 atom stereocenters. The van der Waals surface area contributed by atoms with Crippen LogP contribution in [-0.4, -0.2) is 13.7 Å². The largest absolute Gasteiger partial charge is 0.314 e. The molecule has 3 nitrogen and oxygen atoms in total. The molecule has 0 fully saturated rings. The first-order valence-corrected chi connectivity index (χ1v) is 15.8. The number of aromatic nitrogens is 3. The number of para-hydroxylation sites is 4. The zero-order chi connectivity index (χ0) is 30.6. The lowest BCUT2D eigenvalue weighted by atomic mass is 10.1. The van der Waals surface area contributed by atoms with Crippen molar-refractivity contribution in [2.75, 3.05) is 0 Å². The predicted molar refractivity (Wildman–Crippen MR) is 194 cm³/mol. The maximum absolute atomic E-state index is 2.44. The molecule has 0 radical (unpaired) electrons. The van der Waals surface area contributed by atoms with Gasteiger partial charge in [0.05, 0.1) is 27.6 Å². The Morgan fingerprint density at radius 2 is 0.804 bits per heavy atom. The molecule has 9 rings (SSSR count). The van der Waals surface area contributed by atoms with E-state index in [2.05, 4.69) is 190 Å². The van der Waals surface area contributed by atoms with E-state index in [1.54, 1.807) is 0 Å². The summed E-state index contributed by atoms with van der Waals surface area (Å²) in [6.45, 7) is 2.18. The maximum atomic E-state index is 2.44. The van der Waals surface area contributed by atoms with Crippen LogP contribution in [0.4, 0.5) is 0 Å². The van der Waals surface area contributed by atoms with Crippen LogP contribution in [0.1, 0.15) is 5.69 Å². The molecule has 3 heteroatoms. The van der Waals surface area contributed by atoms with Crippen molar-refractivity contribution in [3.8, 4) is 17.1 Å². The van der Waals surface area contributed by atoms with Gasteiger partial charge in [-0.15, -0.1) is 0 Å². The zero-order valence-electron chi connectivity index (χ0n) is 25.5. The van der Waals surface area contributed by atoms with Crippen LogP contribution in [0.5, 0.6) is 0 Å². The molecule has 9 aromatic rings. The monoisotopic (exact) mass is 589 g/mol. The van der Waals surface area contributed by atoms with Crippen molar-refractivity contribution in [1.82, 2.24) is 13.7 Å². The highest BCUT2D eigenvalue weighted by molar-refractivity contribution is 6.14. The molecule has 6 aromatic carbocycles. The van der Waals surface area contributed by atoms with Crippen molar-refractivity contribution >= 4 is 54.5 Å². The molecule has 0 aliphatic carbocycles. The second-order valence-electron chi connectivity index (χ2n) is 11.9. The predicted octanol–water partition coefficient (Wildman–Crippen LogP) is 11.3. The molecule has 0 saturated carbocycles. The lowest BCUT2D eigenvalue weighted by molar-refractivity contribution is 1.04. The first kappa shape index (κ1) is 26.4. The third-order valence-electron chi connectivity index (χ3n) is 9.19. The van der Waals surface area contributed by atoms with Gasteiger partial charge < -0.3 is 13.7 Å². The molecule has 0 unspecified atom stereocenters. The second kappa shape index (κ2) is 10.5. The normalized spacial score (nSPS) is 11.6. The van der Waals surface area contributed by atoms with E-state index in [-0.39, 0.29) is 0 Å². The maximum Gasteiger partial charge on any atom is 0.0562 e. The van der Waals surface area contributed by atoms with E-state index in [1.165, 1.54) is 54.7 Å². The number of benzene rings is 6. The Hall–Kier alpha value is -6.06. The molecule has 0 aliphatic heterocycles. The molecular formula is C43H31N3. The summed E-state index contributed by atoms with van der Waals surface area (Å²) in [5.74, 6) is 0.